The van der Waals surface area contributed by atoms with E-state index < -0.39 is 12.5 Å². The summed E-state index contributed by atoms with van der Waals surface area (Å²) in [7, 11) is 0. The van der Waals surface area contributed by atoms with E-state index in [1.54, 1.807) is 36.4 Å². The van der Waals surface area contributed by atoms with E-state index >= 15 is 0 Å². The topological polar surface area (TPSA) is 67.4 Å². The second-order valence-corrected chi connectivity index (χ2v) is 6.03. The largest absolute Gasteiger partial charge is 0.434 e. The van der Waals surface area contributed by atoms with E-state index in [1.807, 2.05) is 0 Å². The predicted molar refractivity (Wildman–Crippen MR) is 99.2 cm³/mol. The van der Waals surface area contributed by atoms with Gasteiger partial charge in [0, 0.05) is 23.0 Å². The molecular weight excluding hydrogens is 410 g/mol. The normalized spacial score (nSPS) is 10.8. The molecular formula is C18H15BrF2N2O3. The number of carbonyl (C=O) groups excluding carboxylic acids is 2. The number of alkyl halides is 2. The van der Waals surface area contributed by atoms with E-state index in [9.17, 15) is 18.4 Å². The van der Waals surface area contributed by atoms with Crippen molar-refractivity contribution in [2.24, 2.45) is 0 Å². The molecule has 8 heteroatoms. The Morgan fingerprint density at radius 1 is 1.12 bits per heavy atom. The summed E-state index contributed by atoms with van der Waals surface area (Å²) in [5.74, 6) is -0.814. The van der Waals surface area contributed by atoms with Crippen molar-refractivity contribution >= 4 is 45.2 Å². The lowest BCUT2D eigenvalue weighted by atomic mass is 10.2. The lowest BCUT2D eigenvalue weighted by Crippen LogP contribution is -2.13. The van der Waals surface area contributed by atoms with Gasteiger partial charge in [-0.05, 0) is 30.3 Å². The van der Waals surface area contributed by atoms with Gasteiger partial charge < -0.3 is 15.4 Å². The van der Waals surface area contributed by atoms with Crippen LogP contribution < -0.4 is 15.4 Å². The molecule has 2 aromatic carbocycles. The fourth-order valence-electron chi connectivity index (χ4n) is 2.08. The quantitative estimate of drug-likeness (QED) is 0.662. The first-order valence-electron chi connectivity index (χ1n) is 7.45. The van der Waals surface area contributed by atoms with Crippen LogP contribution in [0, 0.1) is 0 Å². The van der Waals surface area contributed by atoms with Crippen molar-refractivity contribution in [3.8, 4) is 5.75 Å². The Kier molecular flexibility index (Phi) is 6.85. The first kappa shape index (κ1) is 19.6. The van der Waals surface area contributed by atoms with Gasteiger partial charge in [0.25, 0.3) is 0 Å². The van der Waals surface area contributed by atoms with Crippen LogP contribution in [0.3, 0.4) is 0 Å². The number of amides is 2. The number of anilines is 2. The molecule has 26 heavy (non-hydrogen) atoms. The third-order valence-corrected chi connectivity index (χ3v) is 3.59. The van der Waals surface area contributed by atoms with Gasteiger partial charge in [-0.25, -0.2) is 0 Å². The molecule has 2 amide bonds. The molecule has 2 N–H and O–H groups in total. The number of para-hydroxylation sites is 1. The molecule has 0 heterocycles. The van der Waals surface area contributed by atoms with E-state index in [-0.39, 0.29) is 11.7 Å². The molecule has 0 aromatic heterocycles. The van der Waals surface area contributed by atoms with Crippen molar-refractivity contribution in [3.63, 3.8) is 0 Å². The number of halogens is 3. The average molecular weight is 425 g/mol. The highest BCUT2D eigenvalue weighted by Gasteiger charge is 2.09. The van der Waals surface area contributed by atoms with Crippen molar-refractivity contribution in [1.82, 2.24) is 0 Å². The number of hydrogen-bond acceptors (Lipinski definition) is 3. The summed E-state index contributed by atoms with van der Waals surface area (Å²) in [5, 5.41) is 5.24. The Morgan fingerprint density at radius 2 is 1.85 bits per heavy atom. The maximum Gasteiger partial charge on any atom is 0.387 e. The summed E-state index contributed by atoms with van der Waals surface area (Å²) in [5.41, 5.74) is 1.16. The predicted octanol–water partition coefficient (Wildman–Crippen LogP) is 4.66. The minimum Gasteiger partial charge on any atom is -0.434 e. The van der Waals surface area contributed by atoms with Gasteiger partial charge in [0.05, 0.1) is 11.4 Å². The average Bonchev–Trinajstić information content (AvgIpc) is 2.56. The number of rotatable bonds is 6. The molecule has 0 saturated heterocycles. The van der Waals surface area contributed by atoms with Crippen molar-refractivity contribution < 1.29 is 23.1 Å². The molecule has 2 rings (SSSR count). The van der Waals surface area contributed by atoms with Crippen LogP contribution >= 0.6 is 15.9 Å². The molecule has 0 bridgehead atoms. The lowest BCUT2D eigenvalue weighted by molar-refractivity contribution is -0.114. The number of hydrogen-bond donors (Lipinski definition) is 2. The third kappa shape index (κ3) is 5.96. The first-order valence-corrected chi connectivity index (χ1v) is 8.24. The van der Waals surface area contributed by atoms with Gasteiger partial charge in [-0.3, -0.25) is 9.59 Å². The van der Waals surface area contributed by atoms with Gasteiger partial charge in [0.15, 0.2) is 0 Å². The molecule has 136 valence electrons. The Labute approximate surface area is 157 Å². The molecule has 0 aliphatic heterocycles. The minimum atomic E-state index is -2.96. The monoisotopic (exact) mass is 424 g/mol. The third-order valence-electron chi connectivity index (χ3n) is 3.10. The number of benzene rings is 2. The fraction of sp³-hybridized carbons (Fsp3) is 0.111. The van der Waals surface area contributed by atoms with E-state index in [1.165, 1.54) is 25.1 Å². The number of ether oxygens (including phenoxy) is 1. The molecule has 0 spiro atoms. The molecule has 0 saturated carbocycles. The zero-order valence-electron chi connectivity index (χ0n) is 13.6. The summed E-state index contributed by atoms with van der Waals surface area (Å²) in [4.78, 5) is 23.4. The highest BCUT2D eigenvalue weighted by Crippen LogP contribution is 2.26. The van der Waals surface area contributed by atoms with Gasteiger partial charge in [0.1, 0.15) is 5.75 Å². The van der Waals surface area contributed by atoms with Crippen LogP contribution in [0.5, 0.6) is 5.75 Å². The molecule has 5 nitrogen and oxygen atoms in total. The minimum absolute atomic E-state index is 0.0343. The van der Waals surface area contributed by atoms with E-state index in [0.29, 0.717) is 21.4 Å². The van der Waals surface area contributed by atoms with Crippen LogP contribution in [0.25, 0.3) is 6.08 Å². The molecule has 2 aromatic rings. The Balaban J connectivity index is 2.16. The summed E-state index contributed by atoms with van der Waals surface area (Å²) in [6.07, 6.45) is 2.55. The van der Waals surface area contributed by atoms with Gasteiger partial charge in [-0.15, -0.1) is 0 Å². The Hall–Kier alpha value is -2.74. The number of nitrogens with one attached hydrogen (secondary N) is 2. The van der Waals surface area contributed by atoms with Gasteiger partial charge in [-0.1, -0.05) is 34.1 Å². The molecule has 0 aliphatic carbocycles. The van der Waals surface area contributed by atoms with Crippen molar-refractivity contribution in [1.29, 1.82) is 0 Å². The van der Waals surface area contributed by atoms with Crippen molar-refractivity contribution in [2.45, 2.75) is 13.5 Å². The highest BCUT2D eigenvalue weighted by atomic mass is 79.9. The van der Waals surface area contributed by atoms with Crippen LogP contribution in [0.4, 0.5) is 20.2 Å². The first-order chi connectivity index (χ1) is 12.3. The van der Waals surface area contributed by atoms with Crippen molar-refractivity contribution in [3.05, 3.63) is 58.6 Å². The smallest absolute Gasteiger partial charge is 0.387 e. The van der Waals surface area contributed by atoms with Crippen LogP contribution in [-0.2, 0) is 9.59 Å². The molecule has 0 aliphatic rings. The zero-order chi connectivity index (χ0) is 19.1. The van der Waals surface area contributed by atoms with Gasteiger partial charge >= 0.3 is 6.61 Å². The van der Waals surface area contributed by atoms with Crippen LogP contribution in [0.1, 0.15) is 12.5 Å². The summed E-state index contributed by atoms with van der Waals surface area (Å²) in [6, 6.07) is 11.1. The SMILES string of the molecule is CC(=O)Nc1ccc(Br)cc1NC(=O)C=Cc1ccccc1OC(F)F. The van der Waals surface area contributed by atoms with Crippen LogP contribution in [0.2, 0.25) is 0 Å². The molecule has 0 unspecified atom stereocenters. The number of carbonyl (C=O) groups is 2. The standard InChI is InChI=1S/C18H15BrF2N2O3/c1-11(24)22-14-8-7-13(19)10-15(14)23-17(25)9-6-12-4-2-3-5-16(12)26-18(20)21/h2-10,18H,1H3,(H,22,24)(H,23,25). The summed E-state index contributed by atoms with van der Waals surface area (Å²) < 4.78 is 29.9. The maximum atomic E-state index is 12.4. The summed E-state index contributed by atoms with van der Waals surface area (Å²) >= 11 is 3.29. The lowest BCUT2D eigenvalue weighted by Gasteiger charge is -2.11. The van der Waals surface area contributed by atoms with Crippen LogP contribution in [-0.4, -0.2) is 18.4 Å². The maximum absolute atomic E-state index is 12.4. The Bertz CT molecular complexity index is 841. The van der Waals surface area contributed by atoms with E-state index in [4.69, 9.17) is 0 Å². The second-order valence-electron chi connectivity index (χ2n) is 5.11. The zero-order valence-corrected chi connectivity index (χ0v) is 15.2. The van der Waals surface area contributed by atoms with Crippen molar-refractivity contribution in [2.75, 3.05) is 10.6 Å². The fourth-order valence-corrected chi connectivity index (χ4v) is 2.44. The van der Waals surface area contributed by atoms with Crippen LogP contribution in [0.15, 0.2) is 53.0 Å². The highest BCUT2D eigenvalue weighted by molar-refractivity contribution is 9.10. The van der Waals surface area contributed by atoms with Gasteiger partial charge in [0.2, 0.25) is 11.8 Å². The molecule has 0 radical (unpaired) electrons. The summed E-state index contributed by atoms with van der Waals surface area (Å²) in [6.45, 7) is -1.60. The van der Waals surface area contributed by atoms with E-state index in [2.05, 4.69) is 31.3 Å². The molecule has 0 fully saturated rings. The van der Waals surface area contributed by atoms with E-state index in [0.717, 1.165) is 0 Å². The molecule has 0 atom stereocenters. The Morgan fingerprint density at radius 3 is 2.54 bits per heavy atom. The van der Waals surface area contributed by atoms with Gasteiger partial charge in [-0.2, -0.15) is 8.78 Å². The second kappa shape index (κ2) is 9.10.